The van der Waals surface area contributed by atoms with E-state index in [1.807, 2.05) is 0 Å². The van der Waals surface area contributed by atoms with E-state index in [1.165, 1.54) is 21.6 Å². The molecular formula is C17H14N6O4. The second kappa shape index (κ2) is 6.48. The fourth-order valence-corrected chi connectivity index (χ4v) is 2.89. The van der Waals surface area contributed by atoms with Gasteiger partial charge in [-0.25, -0.2) is 28.6 Å². The standard InChI is InChI=1S/C17H14N6O4/c1-2-27-17(26)13-4-3-11-8-19-14(21-22(11)13)6-10-5-12-7-18-9-20-23(12)15(10)16(24)25/h3-5,7-9H,2,6H2,1H3,(H,24,25). The highest BCUT2D eigenvalue weighted by Gasteiger charge is 2.20. The molecule has 0 spiro atoms. The predicted molar refractivity (Wildman–Crippen MR) is 91.7 cm³/mol. The van der Waals surface area contributed by atoms with Crippen molar-refractivity contribution < 1.29 is 19.4 Å². The first-order valence-corrected chi connectivity index (χ1v) is 8.13. The lowest BCUT2D eigenvalue weighted by Crippen LogP contribution is -2.12. The molecule has 0 radical (unpaired) electrons. The fraction of sp³-hybridized carbons (Fsp3) is 0.176. The summed E-state index contributed by atoms with van der Waals surface area (Å²) in [5, 5.41) is 17.9. The van der Waals surface area contributed by atoms with Crippen molar-refractivity contribution in [2.24, 2.45) is 0 Å². The summed E-state index contributed by atoms with van der Waals surface area (Å²) in [6.45, 7) is 1.98. The quantitative estimate of drug-likeness (QED) is 0.523. The van der Waals surface area contributed by atoms with Crippen LogP contribution in [0.2, 0.25) is 0 Å². The summed E-state index contributed by atoms with van der Waals surface area (Å²) in [5.41, 5.74) is 1.98. The first kappa shape index (κ1) is 16.6. The summed E-state index contributed by atoms with van der Waals surface area (Å²) in [6.07, 6.45) is 4.53. The highest BCUT2D eigenvalue weighted by atomic mass is 16.5. The molecular weight excluding hydrogens is 352 g/mol. The van der Waals surface area contributed by atoms with E-state index < -0.39 is 11.9 Å². The number of hydrogen-bond donors (Lipinski definition) is 1. The maximum absolute atomic E-state index is 12.1. The molecule has 0 aliphatic heterocycles. The molecule has 4 rings (SSSR count). The van der Waals surface area contributed by atoms with Gasteiger partial charge in [0.05, 0.1) is 30.0 Å². The summed E-state index contributed by atoms with van der Waals surface area (Å²) in [4.78, 5) is 31.9. The van der Waals surface area contributed by atoms with Crippen LogP contribution in [-0.2, 0) is 11.2 Å². The van der Waals surface area contributed by atoms with Crippen molar-refractivity contribution in [1.82, 2.24) is 29.2 Å². The van der Waals surface area contributed by atoms with Gasteiger partial charge in [-0.05, 0) is 30.7 Å². The number of carboxylic acids is 1. The third-order valence-electron chi connectivity index (χ3n) is 4.00. The van der Waals surface area contributed by atoms with Crippen LogP contribution in [0.15, 0.2) is 36.9 Å². The molecule has 4 aromatic heterocycles. The van der Waals surface area contributed by atoms with E-state index in [0.717, 1.165) is 0 Å². The number of fused-ring (bicyclic) bond motifs is 2. The average molecular weight is 366 g/mol. The van der Waals surface area contributed by atoms with Gasteiger partial charge in [-0.15, -0.1) is 0 Å². The molecule has 4 aromatic rings. The summed E-state index contributed by atoms with van der Waals surface area (Å²) in [6, 6.07) is 5.00. The van der Waals surface area contributed by atoms with E-state index >= 15 is 0 Å². The molecule has 0 aliphatic rings. The molecule has 4 heterocycles. The first-order valence-electron chi connectivity index (χ1n) is 8.13. The lowest BCUT2D eigenvalue weighted by atomic mass is 10.1. The van der Waals surface area contributed by atoms with Gasteiger partial charge in [0.25, 0.3) is 0 Å². The second-order valence-corrected chi connectivity index (χ2v) is 5.70. The average Bonchev–Trinajstić information content (AvgIpc) is 3.22. The minimum atomic E-state index is -1.11. The third-order valence-corrected chi connectivity index (χ3v) is 4.00. The van der Waals surface area contributed by atoms with Crippen LogP contribution in [0.5, 0.6) is 0 Å². The van der Waals surface area contributed by atoms with Crippen molar-refractivity contribution in [3.63, 3.8) is 0 Å². The van der Waals surface area contributed by atoms with Gasteiger partial charge in [0.2, 0.25) is 0 Å². The van der Waals surface area contributed by atoms with Crippen LogP contribution in [0.3, 0.4) is 0 Å². The predicted octanol–water partition coefficient (Wildman–Crippen LogP) is 1.24. The van der Waals surface area contributed by atoms with E-state index in [1.54, 1.807) is 31.3 Å². The lowest BCUT2D eigenvalue weighted by molar-refractivity contribution is 0.0516. The number of nitrogens with zero attached hydrogens (tertiary/aromatic N) is 6. The Labute approximate surface area is 152 Å². The Kier molecular flexibility index (Phi) is 3.99. The Morgan fingerprint density at radius 1 is 1.19 bits per heavy atom. The summed E-state index contributed by atoms with van der Waals surface area (Å²) in [5.74, 6) is -1.24. The Bertz CT molecular complexity index is 1180. The van der Waals surface area contributed by atoms with Crippen molar-refractivity contribution >= 4 is 23.0 Å². The molecule has 0 aliphatic carbocycles. The number of carboxylic acid groups (broad SMARTS) is 1. The molecule has 0 bridgehead atoms. The van der Waals surface area contributed by atoms with Crippen molar-refractivity contribution in [3.05, 3.63) is 59.7 Å². The molecule has 0 aromatic carbocycles. The smallest absolute Gasteiger partial charge is 0.356 e. The van der Waals surface area contributed by atoms with Gasteiger partial charge >= 0.3 is 11.9 Å². The molecule has 0 atom stereocenters. The second-order valence-electron chi connectivity index (χ2n) is 5.70. The zero-order valence-electron chi connectivity index (χ0n) is 14.2. The number of esters is 1. The van der Waals surface area contributed by atoms with E-state index in [4.69, 9.17) is 4.74 Å². The zero-order valence-corrected chi connectivity index (χ0v) is 14.2. The van der Waals surface area contributed by atoms with E-state index in [0.29, 0.717) is 22.4 Å². The topological polar surface area (TPSA) is 124 Å². The van der Waals surface area contributed by atoms with Gasteiger partial charge in [0.15, 0.2) is 17.2 Å². The number of ether oxygens (including phenoxy) is 1. The molecule has 0 fully saturated rings. The third kappa shape index (κ3) is 2.86. The van der Waals surface area contributed by atoms with Crippen molar-refractivity contribution in [2.75, 3.05) is 6.61 Å². The molecule has 0 saturated heterocycles. The van der Waals surface area contributed by atoms with Gasteiger partial charge in [0.1, 0.15) is 6.33 Å². The van der Waals surface area contributed by atoms with Crippen LogP contribution in [-0.4, -0.2) is 52.8 Å². The SMILES string of the molecule is CCOC(=O)c1ccc2cnc(Cc3cc4cncnn4c3C(=O)O)nn12. The largest absolute Gasteiger partial charge is 0.477 e. The van der Waals surface area contributed by atoms with Crippen LogP contribution in [0, 0.1) is 0 Å². The van der Waals surface area contributed by atoms with E-state index in [9.17, 15) is 14.7 Å². The van der Waals surface area contributed by atoms with E-state index in [2.05, 4.69) is 20.2 Å². The zero-order chi connectivity index (χ0) is 19.0. The Balaban J connectivity index is 1.77. The number of aromatic carboxylic acids is 1. The number of carbonyl (C=O) groups excluding carboxylic acids is 1. The van der Waals surface area contributed by atoms with Crippen molar-refractivity contribution in [3.8, 4) is 0 Å². The summed E-state index contributed by atoms with van der Waals surface area (Å²) >= 11 is 0. The van der Waals surface area contributed by atoms with Crippen molar-refractivity contribution in [2.45, 2.75) is 13.3 Å². The highest BCUT2D eigenvalue weighted by molar-refractivity contribution is 5.90. The minimum Gasteiger partial charge on any atom is -0.477 e. The monoisotopic (exact) mass is 366 g/mol. The molecule has 136 valence electrons. The highest BCUT2D eigenvalue weighted by Crippen LogP contribution is 2.18. The molecule has 0 saturated carbocycles. The molecule has 10 nitrogen and oxygen atoms in total. The molecule has 10 heteroatoms. The van der Waals surface area contributed by atoms with Crippen LogP contribution < -0.4 is 0 Å². The van der Waals surface area contributed by atoms with Gasteiger partial charge < -0.3 is 9.84 Å². The Morgan fingerprint density at radius 3 is 2.81 bits per heavy atom. The Morgan fingerprint density at radius 2 is 2.04 bits per heavy atom. The minimum absolute atomic E-state index is 0.0224. The number of rotatable bonds is 5. The molecule has 1 N–H and O–H groups in total. The van der Waals surface area contributed by atoms with Crippen LogP contribution >= 0.6 is 0 Å². The first-order chi connectivity index (χ1) is 13.1. The van der Waals surface area contributed by atoms with Crippen LogP contribution in [0.4, 0.5) is 0 Å². The van der Waals surface area contributed by atoms with Crippen LogP contribution in [0.25, 0.3) is 11.0 Å². The Hall–Kier alpha value is -3.82. The van der Waals surface area contributed by atoms with Crippen molar-refractivity contribution in [1.29, 1.82) is 0 Å². The fourth-order valence-electron chi connectivity index (χ4n) is 2.89. The maximum atomic E-state index is 12.1. The van der Waals surface area contributed by atoms with E-state index in [-0.39, 0.29) is 24.4 Å². The summed E-state index contributed by atoms with van der Waals surface area (Å²) < 4.78 is 7.78. The number of aromatic nitrogens is 6. The number of carbonyl (C=O) groups is 2. The van der Waals surface area contributed by atoms with Gasteiger partial charge in [-0.2, -0.15) is 10.2 Å². The number of hydrogen-bond acceptors (Lipinski definition) is 7. The molecule has 27 heavy (non-hydrogen) atoms. The van der Waals surface area contributed by atoms with Gasteiger partial charge in [-0.3, -0.25) is 0 Å². The normalized spacial score (nSPS) is 11.1. The van der Waals surface area contributed by atoms with Gasteiger partial charge in [0, 0.05) is 6.42 Å². The summed E-state index contributed by atoms with van der Waals surface area (Å²) in [7, 11) is 0. The van der Waals surface area contributed by atoms with Gasteiger partial charge in [-0.1, -0.05) is 0 Å². The lowest BCUT2D eigenvalue weighted by Gasteiger charge is -2.04. The maximum Gasteiger partial charge on any atom is 0.356 e. The van der Waals surface area contributed by atoms with Crippen LogP contribution in [0.1, 0.15) is 39.3 Å². The molecule has 0 unspecified atom stereocenters. The molecule has 0 amide bonds.